The van der Waals surface area contributed by atoms with Gasteiger partial charge in [-0.15, -0.1) is 11.3 Å². The Bertz CT molecular complexity index is 361. The van der Waals surface area contributed by atoms with Crippen molar-refractivity contribution in [2.45, 2.75) is 13.0 Å². The maximum atomic E-state index is 10.8. The van der Waals surface area contributed by atoms with Gasteiger partial charge in [0.2, 0.25) is 0 Å². The summed E-state index contributed by atoms with van der Waals surface area (Å²) in [5.74, 6) is -0.841. The van der Waals surface area contributed by atoms with Crippen LogP contribution in [0.4, 0.5) is 0 Å². The van der Waals surface area contributed by atoms with E-state index in [2.05, 4.69) is 21.2 Å². The highest BCUT2D eigenvalue weighted by atomic mass is 79.9. The molecule has 0 fully saturated rings. The van der Waals surface area contributed by atoms with Gasteiger partial charge in [-0.2, -0.15) is 0 Å². The van der Waals surface area contributed by atoms with Crippen LogP contribution in [-0.4, -0.2) is 17.6 Å². The van der Waals surface area contributed by atoms with Crippen LogP contribution in [-0.2, 0) is 13.0 Å². The van der Waals surface area contributed by atoms with Crippen molar-refractivity contribution < 1.29 is 9.90 Å². The van der Waals surface area contributed by atoms with Gasteiger partial charge in [-0.3, -0.25) is 0 Å². The average Bonchev–Trinajstić information content (AvgIpc) is 2.45. The second kappa shape index (κ2) is 3.40. The van der Waals surface area contributed by atoms with Crippen molar-refractivity contribution in [3.8, 4) is 0 Å². The molecule has 2 rings (SSSR count). The highest BCUT2D eigenvalue weighted by molar-refractivity contribution is 9.10. The number of aromatic carboxylic acids is 1. The fourth-order valence-electron chi connectivity index (χ4n) is 1.42. The molecule has 0 unspecified atom stereocenters. The van der Waals surface area contributed by atoms with E-state index in [9.17, 15) is 4.79 Å². The normalized spacial score (nSPS) is 15.5. The number of hydrogen-bond donors (Lipinski definition) is 2. The maximum absolute atomic E-state index is 10.8. The quantitative estimate of drug-likeness (QED) is 0.812. The van der Waals surface area contributed by atoms with Crippen LogP contribution < -0.4 is 5.32 Å². The number of thiophene rings is 1. The van der Waals surface area contributed by atoms with E-state index in [-0.39, 0.29) is 0 Å². The molecule has 13 heavy (non-hydrogen) atoms. The molecular weight excluding hydrogens is 254 g/mol. The highest BCUT2D eigenvalue weighted by Gasteiger charge is 2.21. The second-order valence-electron chi connectivity index (χ2n) is 2.88. The summed E-state index contributed by atoms with van der Waals surface area (Å²) >= 11 is 4.71. The van der Waals surface area contributed by atoms with E-state index in [1.165, 1.54) is 16.2 Å². The molecule has 0 aliphatic carbocycles. The minimum Gasteiger partial charge on any atom is -0.477 e. The van der Waals surface area contributed by atoms with Crippen molar-refractivity contribution in [3.05, 3.63) is 19.8 Å². The molecule has 70 valence electrons. The second-order valence-corrected chi connectivity index (χ2v) is 4.78. The van der Waals surface area contributed by atoms with Crippen LogP contribution >= 0.6 is 27.3 Å². The van der Waals surface area contributed by atoms with Crippen LogP contribution in [0.2, 0.25) is 0 Å². The standard InChI is InChI=1S/C8H8BrNO2S/c9-6-4-3-10-2-1-5(4)13-7(6)8(11)12/h10H,1-3H2,(H,11,12). The summed E-state index contributed by atoms with van der Waals surface area (Å²) in [6.07, 6.45) is 0.936. The molecular formula is C8H8BrNO2S. The zero-order valence-electron chi connectivity index (χ0n) is 6.76. The minimum atomic E-state index is -0.841. The number of carboxylic acids is 1. The molecule has 2 N–H and O–H groups in total. The summed E-state index contributed by atoms with van der Waals surface area (Å²) in [6, 6.07) is 0. The number of hydrogen-bond acceptors (Lipinski definition) is 3. The van der Waals surface area contributed by atoms with Gasteiger partial charge in [-0.25, -0.2) is 4.79 Å². The van der Waals surface area contributed by atoms with Crippen LogP contribution in [0.15, 0.2) is 4.47 Å². The lowest BCUT2D eigenvalue weighted by atomic mass is 10.1. The SMILES string of the molecule is O=C(O)c1sc2c(c1Br)CNCC2. The Kier molecular flexibility index (Phi) is 2.40. The topological polar surface area (TPSA) is 49.3 Å². The average molecular weight is 262 g/mol. The molecule has 2 heterocycles. The molecule has 0 spiro atoms. The fraction of sp³-hybridized carbons (Fsp3) is 0.375. The minimum absolute atomic E-state index is 0.425. The van der Waals surface area contributed by atoms with Crippen LogP contribution in [0.3, 0.4) is 0 Å². The van der Waals surface area contributed by atoms with Gasteiger partial charge in [0.1, 0.15) is 4.88 Å². The van der Waals surface area contributed by atoms with Crippen LogP contribution in [0.1, 0.15) is 20.1 Å². The van der Waals surface area contributed by atoms with Crippen molar-refractivity contribution in [1.29, 1.82) is 0 Å². The summed E-state index contributed by atoms with van der Waals surface area (Å²) < 4.78 is 0.757. The van der Waals surface area contributed by atoms with Gasteiger partial charge >= 0.3 is 5.97 Å². The summed E-state index contributed by atoms with van der Waals surface area (Å²) in [7, 11) is 0. The van der Waals surface area contributed by atoms with E-state index in [0.717, 1.165) is 29.5 Å². The molecule has 0 atom stereocenters. The predicted octanol–water partition coefficient (Wildman–Crippen LogP) is 1.85. The lowest BCUT2D eigenvalue weighted by molar-refractivity contribution is 0.0701. The zero-order valence-corrected chi connectivity index (χ0v) is 9.17. The molecule has 1 aromatic rings. The summed E-state index contributed by atoms with van der Waals surface area (Å²) in [6.45, 7) is 1.72. The Hall–Kier alpha value is -0.390. The van der Waals surface area contributed by atoms with E-state index in [0.29, 0.717) is 4.88 Å². The van der Waals surface area contributed by atoms with E-state index in [4.69, 9.17) is 5.11 Å². The predicted molar refractivity (Wildman–Crippen MR) is 54.4 cm³/mol. The van der Waals surface area contributed by atoms with Crippen molar-refractivity contribution in [3.63, 3.8) is 0 Å². The van der Waals surface area contributed by atoms with Crippen molar-refractivity contribution in [2.75, 3.05) is 6.54 Å². The van der Waals surface area contributed by atoms with E-state index in [1.807, 2.05) is 0 Å². The molecule has 0 saturated heterocycles. The molecule has 0 saturated carbocycles. The molecule has 1 aromatic heterocycles. The first kappa shape index (κ1) is 9.18. The largest absolute Gasteiger partial charge is 0.477 e. The fourth-order valence-corrected chi connectivity index (χ4v) is 3.39. The Morgan fingerprint density at radius 1 is 1.62 bits per heavy atom. The third-order valence-corrected chi connectivity index (χ3v) is 4.47. The number of nitrogens with one attached hydrogen (secondary N) is 1. The number of rotatable bonds is 1. The van der Waals surface area contributed by atoms with Crippen LogP contribution in [0.5, 0.6) is 0 Å². The maximum Gasteiger partial charge on any atom is 0.347 e. The molecule has 0 radical (unpaired) electrons. The first-order chi connectivity index (χ1) is 6.20. The van der Waals surface area contributed by atoms with E-state index >= 15 is 0 Å². The summed E-state index contributed by atoms with van der Waals surface area (Å²) in [5.41, 5.74) is 1.12. The first-order valence-electron chi connectivity index (χ1n) is 3.94. The Labute approximate surface area is 87.9 Å². The number of carboxylic acid groups (broad SMARTS) is 1. The molecule has 1 aliphatic heterocycles. The number of carbonyl (C=O) groups is 1. The number of halogens is 1. The summed E-state index contributed by atoms with van der Waals surface area (Å²) in [4.78, 5) is 12.4. The molecule has 3 nitrogen and oxygen atoms in total. The zero-order chi connectivity index (χ0) is 9.42. The Balaban J connectivity index is 2.50. The van der Waals surface area contributed by atoms with Crippen LogP contribution in [0, 0.1) is 0 Å². The van der Waals surface area contributed by atoms with E-state index in [1.54, 1.807) is 0 Å². The lowest BCUT2D eigenvalue weighted by Crippen LogP contribution is -2.22. The monoisotopic (exact) mass is 261 g/mol. The van der Waals surface area contributed by atoms with Gasteiger partial charge in [-0.05, 0) is 27.9 Å². The van der Waals surface area contributed by atoms with Gasteiger partial charge < -0.3 is 10.4 Å². The third-order valence-electron chi connectivity index (χ3n) is 2.05. The first-order valence-corrected chi connectivity index (χ1v) is 5.55. The van der Waals surface area contributed by atoms with E-state index < -0.39 is 5.97 Å². The summed E-state index contributed by atoms with van der Waals surface area (Å²) in [5, 5.41) is 12.1. The third kappa shape index (κ3) is 1.51. The van der Waals surface area contributed by atoms with Gasteiger partial charge in [0.15, 0.2) is 0 Å². The lowest BCUT2D eigenvalue weighted by Gasteiger charge is -2.12. The smallest absolute Gasteiger partial charge is 0.347 e. The Morgan fingerprint density at radius 3 is 3.00 bits per heavy atom. The van der Waals surface area contributed by atoms with Gasteiger partial charge in [0.05, 0.1) is 0 Å². The molecule has 1 aliphatic rings. The molecule has 0 amide bonds. The van der Waals surface area contributed by atoms with Gasteiger partial charge in [0.25, 0.3) is 0 Å². The Morgan fingerprint density at radius 2 is 2.38 bits per heavy atom. The van der Waals surface area contributed by atoms with Crippen molar-refractivity contribution in [1.82, 2.24) is 5.32 Å². The van der Waals surface area contributed by atoms with Crippen molar-refractivity contribution >= 4 is 33.2 Å². The van der Waals surface area contributed by atoms with Crippen LogP contribution in [0.25, 0.3) is 0 Å². The molecule has 0 aromatic carbocycles. The van der Waals surface area contributed by atoms with Gasteiger partial charge in [-0.1, -0.05) is 0 Å². The molecule has 0 bridgehead atoms. The van der Waals surface area contributed by atoms with Gasteiger partial charge in [0, 0.05) is 22.4 Å². The number of fused-ring (bicyclic) bond motifs is 1. The molecule has 5 heteroatoms. The highest BCUT2D eigenvalue weighted by Crippen LogP contribution is 2.34. The van der Waals surface area contributed by atoms with Crippen molar-refractivity contribution in [2.24, 2.45) is 0 Å².